The summed E-state index contributed by atoms with van der Waals surface area (Å²) in [5.41, 5.74) is 1.94. The van der Waals surface area contributed by atoms with E-state index in [1.54, 1.807) is 0 Å². The van der Waals surface area contributed by atoms with Gasteiger partial charge in [-0.1, -0.05) is 41.7 Å². The molecule has 1 saturated carbocycles. The zero-order valence-corrected chi connectivity index (χ0v) is 15.0. The number of amides is 2. The molecule has 8 heteroatoms. The Morgan fingerprint density at radius 1 is 1.15 bits per heavy atom. The molecular formula is C18H19N5O2S. The highest BCUT2D eigenvalue weighted by molar-refractivity contribution is 7.15. The quantitative estimate of drug-likeness (QED) is 0.848. The average molecular weight is 369 g/mol. The lowest BCUT2D eigenvalue weighted by Crippen LogP contribution is -2.24. The Morgan fingerprint density at radius 3 is 2.73 bits per heavy atom. The van der Waals surface area contributed by atoms with Crippen molar-refractivity contribution in [3.63, 3.8) is 0 Å². The third kappa shape index (κ3) is 3.96. The number of carbonyl (C=O) groups is 2. The van der Waals surface area contributed by atoms with Gasteiger partial charge in [-0.25, -0.2) is 5.01 Å². The van der Waals surface area contributed by atoms with Gasteiger partial charge in [0.1, 0.15) is 5.01 Å². The number of rotatable bonds is 6. The molecule has 1 aromatic heterocycles. The van der Waals surface area contributed by atoms with Gasteiger partial charge in [0.25, 0.3) is 0 Å². The number of hydrogen-bond donors (Lipinski definition) is 1. The lowest BCUT2D eigenvalue weighted by molar-refractivity contribution is -0.132. The Labute approximate surface area is 155 Å². The predicted octanol–water partition coefficient (Wildman–Crippen LogP) is 2.77. The van der Waals surface area contributed by atoms with Crippen LogP contribution in [0.25, 0.3) is 0 Å². The van der Waals surface area contributed by atoms with Gasteiger partial charge >= 0.3 is 0 Å². The number of benzene rings is 1. The van der Waals surface area contributed by atoms with Crippen LogP contribution in [0, 0.1) is 0 Å². The minimum Gasteiger partial charge on any atom is -0.301 e. The van der Waals surface area contributed by atoms with Crippen molar-refractivity contribution >= 4 is 34.0 Å². The van der Waals surface area contributed by atoms with Crippen molar-refractivity contribution in [2.24, 2.45) is 5.10 Å². The highest BCUT2D eigenvalue weighted by Crippen LogP contribution is 2.42. The number of hydrogen-bond acceptors (Lipinski definition) is 6. The van der Waals surface area contributed by atoms with E-state index in [0.717, 1.165) is 35.5 Å². The fraction of sp³-hybridized carbons (Fsp3) is 0.389. The molecule has 0 atom stereocenters. The highest BCUT2D eigenvalue weighted by Gasteiger charge is 2.28. The zero-order chi connectivity index (χ0) is 17.9. The molecule has 1 N–H and O–H groups in total. The summed E-state index contributed by atoms with van der Waals surface area (Å²) in [6.45, 7) is 0.561. The van der Waals surface area contributed by atoms with E-state index in [-0.39, 0.29) is 24.7 Å². The summed E-state index contributed by atoms with van der Waals surface area (Å²) in [6.07, 6.45) is 3.28. The largest absolute Gasteiger partial charge is 0.301 e. The summed E-state index contributed by atoms with van der Waals surface area (Å²) < 4.78 is 0. The SMILES string of the molecule is O=C(CCC(=O)N1CCC(c2ccccc2)=N1)Nc1nnc(C2CC2)s1. The molecule has 1 aliphatic carbocycles. The van der Waals surface area contributed by atoms with Gasteiger partial charge in [-0.15, -0.1) is 10.2 Å². The normalized spacial score (nSPS) is 16.5. The van der Waals surface area contributed by atoms with Crippen LogP contribution in [0.2, 0.25) is 0 Å². The second-order valence-electron chi connectivity index (χ2n) is 6.45. The Bertz CT molecular complexity index is 844. The first-order valence-corrected chi connectivity index (χ1v) is 9.57. The molecule has 0 radical (unpaired) electrons. The van der Waals surface area contributed by atoms with Crippen LogP contribution in [0.3, 0.4) is 0 Å². The number of aromatic nitrogens is 2. The van der Waals surface area contributed by atoms with Gasteiger partial charge in [0, 0.05) is 25.2 Å². The maximum atomic E-state index is 12.3. The van der Waals surface area contributed by atoms with Crippen LogP contribution >= 0.6 is 11.3 Å². The van der Waals surface area contributed by atoms with Crippen LogP contribution in [-0.4, -0.2) is 39.3 Å². The van der Waals surface area contributed by atoms with E-state index in [1.807, 2.05) is 30.3 Å². The first-order valence-electron chi connectivity index (χ1n) is 8.75. The van der Waals surface area contributed by atoms with Gasteiger partial charge in [0.2, 0.25) is 16.9 Å². The number of carbonyl (C=O) groups excluding carboxylic acids is 2. The van der Waals surface area contributed by atoms with E-state index in [1.165, 1.54) is 16.3 Å². The van der Waals surface area contributed by atoms with Crippen LogP contribution in [0.5, 0.6) is 0 Å². The minimum absolute atomic E-state index is 0.115. The molecule has 1 aromatic carbocycles. The van der Waals surface area contributed by atoms with E-state index in [4.69, 9.17) is 0 Å². The number of nitrogens with zero attached hydrogens (tertiary/aromatic N) is 4. The summed E-state index contributed by atoms with van der Waals surface area (Å²) in [6, 6.07) is 9.83. The molecule has 0 saturated heterocycles. The lowest BCUT2D eigenvalue weighted by atomic mass is 10.1. The van der Waals surface area contributed by atoms with Crippen molar-refractivity contribution in [1.82, 2.24) is 15.2 Å². The first kappa shape index (κ1) is 16.8. The minimum atomic E-state index is -0.219. The van der Waals surface area contributed by atoms with Crippen molar-refractivity contribution in [2.75, 3.05) is 11.9 Å². The monoisotopic (exact) mass is 369 g/mol. The topological polar surface area (TPSA) is 87.5 Å². The van der Waals surface area contributed by atoms with Crippen LogP contribution in [0.4, 0.5) is 5.13 Å². The molecule has 2 heterocycles. The summed E-state index contributed by atoms with van der Waals surface area (Å²) in [4.78, 5) is 24.3. The average Bonchev–Trinajstić information content (AvgIpc) is 3.20. The van der Waals surface area contributed by atoms with Crippen LogP contribution < -0.4 is 5.32 Å². The fourth-order valence-electron chi connectivity index (χ4n) is 2.78. The molecule has 1 aliphatic heterocycles. The molecule has 1 fully saturated rings. The number of anilines is 1. The lowest BCUT2D eigenvalue weighted by Gasteiger charge is -2.10. The van der Waals surface area contributed by atoms with Gasteiger partial charge in [-0.2, -0.15) is 5.10 Å². The third-order valence-electron chi connectivity index (χ3n) is 4.38. The summed E-state index contributed by atoms with van der Waals surface area (Å²) in [5.74, 6) is 0.164. The van der Waals surface area contributed by atoms with Gasteiger partial charge in [0.15, 0.2) is 0 Å². The molecule has 134 valence electrons. The molecule has 7 nitrogen and oxygen atoms in total. The van der Waals surface area contributed by atoms with Crippen LogP contribution in [0.15, 0.2) is 35.4 Å². The van der Waals surface area contributed by atoms with Crippen LogP contribution in [-0.2, 0) is 9.59 Å². The Kier molecular flexibility index (Phi) is 4.75. The highest BCUT2D eigenvalue weighted by atomic mass is 32.1. The molecular weight excluding hydrogens is 350 g/mol. The molecule has 2 aromatic rings. The summed E-state index contributed by atoms with van der Waals surface area (Å²) >= 11 is 1.42. The Hall–Kier alpha value is -2.61. The first-order chi connectivity index (χ1) is 12.7. The smallest absolute Gasteiger partial charge is 0.243 e. The summed E-state index contributed by atoms with van der Waals surface area (Å²) in [5, 5.41) is 18.2. The molecule has 0 unspecified atom stereocenters. The molecule has 0 bridgehead atoms. The van der Waals surface area contributed by atoms with E-state index < -0.39 is 0 Å². The molecule has 2 amide bonds. The molecule has 2 aliphatic rings. The van der Waals surface area contributed by atoms with Crippen molar-refractivity contribution < 1.29 is 9.59 Å². The zero-order valence-electron chi connectivity index (χ0n) is 14.2. The maximum Gasteiger partial charge on any atom is 0.243 e. The number of hydrazone groups is 1. The van der Waals surface area contributed by atoms with E-state index in [2.05, 4.69) is 20.6 Å². The van der Waals surface area contributed by atoms with Crippen molar-refractivity contribution in [1.29, 1.82) is 0 Å². The maximum absolute atomic E-state index is 12.3. The number of nitrogens with one attached hydrogen (secondary N) is 1. The third-order valence-corrected chi connectivity index (χ3v) is 5.38. The van der Waals surface area contributed by atoms with Gasteiger partial charge < -0.3 is 5.32 Å². The van der Waals surface area contributed by atoms with E-state index >= 15 is 0 Å². The second kappa shape index (κ2) is 7.33. The van der Waals surface area contributed by atoms with Gasteiger partial charge in [0.05, 0.1) is 12.3 Å². The van der Waals surface area contributed by atoms with E-state index in [9.17, 15) is 9.59 Å². The van der Waals surface area contributed by atoms with E-state index in [0.29, 0.717) is 17.6 Å². The fourth-order valence-corrected chi connectivity index (χ4v) is 3.71. The Balaban J connectivity index is 1.27. The molecule has 26 heavy (non-hydrogen) atoms. The second-order valence-corrected chi connectivity index (χ2v) is 7.46. The van der Waals surface area contributed by atoms with Crippen molar-refractivity contribution in [3.05, 3.63) is 40.9 Å². The standard InChI is InChI=1S/C18H19N5O2S/c24-15(19-18-21-20-17(26-18)13-6-7-13)8-9-16(25)23-11-10-14(22-23)12-4-2-1-3-5-12/h1-5,13H,6-11H2,(H,19,21,24). The summed E-state index contributed by atoms with van der Waals surface area (Å²) in [7, 11) is 0. The van der Waals surface area contributed by atoms with Crippen molar-refractivity contribution in [3.8, 4) is 0 Å². The molecule has 4 rings (SSSR count). The van der Waals surface area contributed by atoms with Gasteiger partial charge in [-0.05, 0) is 18.4 Å². The molecule has 0 spiro atoms. The van der Waals surface area contributed by atoms with Crippen molar-refractivity contribution in [2.45, 2.75) is 38.0 Å². The van der Waals surface area contributed by atoms with Crippen LogP contribution in [0.1, 0.15) is 48.6 Å². The Morgan fingerprint density at radius 2 is 1.96 bits per heavy atom. The van der Waals surface area contributed by atoms with Gasteiger partial charge in [-0.3, -0.25) is 9.59 Å². The predicted molar refractivity (Wildman–Crippen MR) is 99.1 cm³/mol.